The largest absolute Gasteiger partial charge is 0.389 e. The molecule has 5 nitrogen and oxygen atoms in total. The number of aliphatic hydroxyl groups is 1. The van der Waals surface area contributed by atoms with Crippen molar-refractivity contribution in [2.75, 3.05) is 19.6 Å². The third kappa shape index (κ3) is 4.04. The van der Waals surface area contributed by atoms with Gasteiger partial charge in [-0.15, -0.1) is 0 Å². The van der Waals surface area contributed by atoms with Crippen molar-refractivity contribution in [2.45, 2.75) is 26.9 Å². The summed E-state index contributed by atoms with van der Waals surface area (Å²) in [6.07, 6.45) is -0.406. The van der Waals surface area contributed by atoms with E-state index in [0.717, 1.165) is 0 Å². The molecular weight excluding hydrogens is 268 g/mol. The second-order valence-electron chi connectivity index (χ2n) is 6.68. The van der Waals surface area contributed by atoms with Crippen molar-refractivity contribution in [3.05, 3.63) is 35.4 Å². The van der Waals surface area contributed by atoms with Gasteiger partial charge < -0.3 is 15.3 Å². The number of aliphatic hydroxyl groups excluding tert-OH is 1. The zero-order valence-electron chi connectivity index (χ0n) is 12.7. The molecule has 1 heterocycles. The second kappa shape index (κ2) is 5.85. The van der Waals surface area contributed by atoms with Gasteiger partial charge in [-0.3, -0.25) is 9.59 Å². The number of carbonyl (C=O) groups is 2. The zero-order valence-corrected chi connectivity index (χ0v) is 12.7. The molecule has 0 aliphatic carbocycles. The van der Waals surface area contributed by atoms with Crippen LogP contribution in [0.15, 0.2) is 24.3 Å². The van der Waals surface area contributed by atoms with E-state index in [1.54, 1.807) is 29.2 Å². The van der Waals surface area contributed by atoms with Crippen LogP contribution in [0.25, 0.3) is 0 Å². The minimum atomic E-state index is -0.406. The fraction of sp³-hybridized carbons (Fsp3) is 0.500. The summed E-state index contributed by atoms with van der Waals surface area (Å²) < 4.78 is 0. The first-order chi connectivity index (χ1) is 9.76. The summed E-state index contributed by atoms with van der Waals surface area (Å²) in [6, 6.07) is 6.61. The maximum atomic E-state index is 12.0. The van der Waals surface area contributed by atoms with Crippen LogP contribution in [0.3, 0.4) is 0 Å². The molecule has 2 N–H and O–H groups in total. The molecule has 1 saturated heterocycles. The molecule has 0 radical (unpaired) electrons. The molecule has 2 rings (SSSR count). The smallest absolute Gasteiger partial charge is 0.254 e. The molecule has 0 unspecified atom stereocenters. The van der Waals surface area contributed by atoms with Crippen LogP contribution in [0.4, 0.5) is 0 Å². The summed E-state index contributed by atoms with van der Waals surface area (Å²) >= 11 is 0. The lowest BCUT2D eigenvalue weighted by atomic mass is 9.97. The summed E-state index contributed by atoms with van der Waals surface area (Å²) in [4.78, 5) is 25.6. The van der Waals surface area contributed by atoms with Gasteiger partial charge in [-0.25, -0.2) is 0 Å². The Balaban J connectivity index is 1.95. The van der Waals surface area contributed by atoms with Gasteiger partial charge in [0.05, 0.1) is 6.10 Å². The van der Waals surface area contributed by atoms with Crippen LogP contribution < -0.4 is 5.32 Å². The lowest BCUT2D eigenvalue weighted by molar-refractivity contribution is 0.00589. The Labute approximate surface area is 125 Å². The Morgan fingerprint density at radius 3 is 2.19 bits per heavy atom. The molecule has 5 heteroatoms. The number of benzene rings is 1. The number of amides is 2. The quantitative estimate of drug-likeness (QED) is 0.881. The highest BCUT2D eigenvalue weighted by Crippen LogP contribution is 2.15. The fourth-order valence-electron chi connectivity index (χ4n) is 2.02. The van der Waals surface area contributed by atoms with E-state index in [1.807, 2.05) is 0 Å². The minimum Gasteiger partial charge on any atom is -0.389 e. The number of nitrogens with one attached hydrogen (secondary N) is 1. The van der Waals surface area contributed by atoms with Crippen molar-refractivity contribution in [2.24, 2.45) is 5.41 Å². The SMILES string of the molecule is CC(C)(C)CNC(=O)c1ccc(C(=O)N2CC(O)C2)cc1. The number of hydrogen-bond acceptors (Lipinski definition) is 3. The van der Waals surface area contributed by atoms with Gasteiger partial charge in [0.2, 0.25) is 0 Å². The van der Waals surface area contributed by atoms with Crippen molar-refractivity contribution in [3.63, 3.8) is 0 Å². The molecule has 1 aromatic carbocycles. The molecule has 0 spiro atoms. The highest BCUT2D eigenvalue weighted by Gasteiger charge is 2.29. The first kappa shape index (κ1) is 15.5. The Kier molecular flexibility index (Phi) is 4.32. The van der Waals surface area contributed by atoms with E-state index < -0.39 is 6.10 Å². The van der Waals surface area contributed by atoms with Gasteiger partial charge in [0.1, 0.15) is 0 Å². The summed E-state index contributed by atoms with van der Waals surface area (Å²) in [5.41, 5.74) is 1.11. The fourth-order valence-corrected chi connectivity index (χ4v) is 2.02. The van der Waals surface area contributed by atoms with E-state index in [1.165, 1.54) is 0 Å². The summed E-state index contributed by atoms with van der Waals surface area (Å²) in [6.45, 7) is 7.51. The Morgan fingerprint density at radius 1 is 1.19 bits per heavy atom. The van der Waals surface area contributed by atoms with Gasteiger partial charge in [-0.05, 0) is 29.7 Å². The molecule has 1 aliphatic rings. The maximum absolute atomic E-state index is 12.0. The third-order valence-electron chi connectivity index (χ3n) is 3.32. The minimum absolute atomic E-state index is 0.0317. The van der Waals surface area contributed by atoms with E-state index in [2.05, 4.69) is 26.1 Å². The molecular formula is C16H22N2O3. The predicted molar refractivity (Wildman–Crippen MR) is 80.1 cm³/mol. The van der Waals surface area contributed by atoms with E-state index in [0.29, 0.717) is 30.8 Å². The number of likely N-dealkylation sites (tertiary alicyclic amines) is 1. The maximum Gasteiger partial charge on any atom is 0.254 e. The molecule has 21 heavy (non-hydrogen) atoms. The molecule has 1 aromatic rings. The van der Waals surface area contributed by atoms with Crippen LogP contribution >= 0.6 is 0 Å². The van der Waals surface area contributed by atoms with Gasteiger partial charge in [-0.1, -0.05) is 20.8 Å². The number of carbonyl (C=O) groups excluding carboxylic acids is 2. The highest BCUT2D eigenvalue weighted by atomic mass is 16.3. The van der Waals surface area contributed by atoms with Gasteiger partial charge >= 0.3 is 0 Å². The van der Waals surface area contributed by atoms with Crippen molar-refractivity contribution in [1.82, 2.24) is 10.2 Å². The summed E-state index contributed by atoms with van der Waals surface area (Å²) in [7, 11) is 0. The van der Waals surface area contributed by atoms with Crippen LogP contribution in [0, 0.1) is 5.41 Å². The average molecular weight is 290 g/mol. The first-order valence-corrected chi connectivity index (χ1v) is 7.12. The summed E-state index contributed by atoms with van der Waals surface area (Å²) in [5, 5.41) is 12.1. The van der Waals surface area contributed by atoms with E-state index in [4.69, 9.17) is 0 Å². The second-order valence-corrected chi connectivity index (χ2v) is 6.68. The number of hydrogen-bond donors (Lipinski definition) is 2. The standard InChI is InChI=1S/C16H22N2O3/c1-16(2,3)10-17-14(20)11-4-6-12(7-5-11)15(21)18-8-13(19)9-18/h4-7,13,19H,8-10H2,1-3H3,(H,17,20). The molecule has 0 aromatic heterocycles. The lowest BCUT2D eigenvalue weighted by Gasteiger charge is -2.35. The van der Waals surface area contributed by atoms with Gasteiger partial charge in [-0.2, -0.15) is 0 Å². The van der Waals surface area contributed by atoms with Crippen LogP contribution in [0.5, 0.6) is 0 Å². The normalized spacial score (nSPS) is 15.5. The first-order valence-electron chi connectivity index (χ1n) is 7.12. The van der Waals surface area contributed by atoms with Crippen molar-refractivity contribution < 1.29 is 14.7 Å². The van der Waals surface area contributed by atoms with E-state index >= 15 is 0 Å². The van der Waals surface area contributed by atoms with Crippen LogP contribution in [0.1, 0.15) is 41.5 Å². The highest BCUT2D eigenvalue weighted by molar-refractivity contribution is 5.98. The van der Waals surface area contributed by atoms with Crippen molar-refractivity contribution in [3.8, 4) is 0 Å². The molecule has 2 amide bonds. The Morgan fingerprint density at radius 2 is 1.71 bits per heavy atom. The van der Waals surface area contributed by atoms with E-state index in [-0.39, 0.29) is 17.2 Å². The molecule has 1 aliphatic heterocycles. The van der Waals surface area contributed by atoms with Crippen molar-refractivity contribution in [1.29, 1.82) is 0 Å². The van der Waals surface area contributed by atoms with Crippen molar-refractivity contribution >= 4 is 11.8 Å². The Bertz CT molecular complexity index is 525. The topological polar surface area (TPSA) is 69.6 Å². The van der Waals surface area contributed by atoms with E-state index in [9.17, 15) is 14.7 Å². The average Bonchev–Trinajstić information content (AvgIpc) is 2.40. The lowest BCUT2D eigenvalue weighted by Crippen LogP contribution is -2.53. The molecule has 0 bridgehead atoms. The number of β-amino-alcohol motifs (C(OH)–C–C–N with tert-alkyl or cyclic N) is 1. The van der Waals surface area contributed by atoms with Crippen LogP contribution in [-0.2, 0) is 0 Å². The van der Waals surface area contributed by atoms with Crippen LogP contribution in [-0.4, -0.2) is 47.6 Å². The zero-order chi connectivity index (χ0) is 15.6. The van der Waals surface area contributed by atoms with Gasteiger partial charge in [0.15, 0.2) is 0 Å². The Hall–Kier alpha value is -1.88. The molecule has 1 fully saturated rings. The van der Waals surface area contributed by atoms with Crippen LogP contribution in [0.2, 0.25) is 0 Å². The molecule has 114 valence electrons. The van der Waals surface area contributed by atoms with Gasteiger partial charge in [0, 0.05) is 30.8 Å². The molecule has 0 saturated carbocycles. The third-order valence-corrected chi connectivity index (χ3v) is 3.32. The monoisotopic (exact) mass is 290 g/mol. The summed E-state index contributed by atoms with van der Waals surface area (Å²) in [5.74, 6) is -0.245. The number of rotatable bonds is 3. The van der Waals surface area contributed by atoms with Gasteiger partial charge in [0.25, 0.3) is 11.8 Å². The predicted octanol–water partition coefficient (Wildman–Crippen LogP) is 1.28. The number of nitrogens with zero attached hydrogens (tertiary/aromatic N) is 1. The molecule has 0 atom stereocenters.